The van der Waals surface area contributed by atoms with Crippen molar-refractivity contribution >= 4 is 26.7 Å². The summed E-state index contributed by atoms with van der Waals surface area (Å²) in [5.74, 6) is 1.68. The lowest BCUT2D eigenvalue weighted by molar-refractivity contribution is 0.128. The number of fused-ring (bicyclic) bond motifs is 3. The maximum atomic E-state index is 11.9. The Morgan fingerprint density at radius 3 is 2.46 bits per heavy atom. The maximum absolute atomic E-state index is 11.9. The Labute approximate surface area is 166 Å². The van der Waals surface area contributed by atoms with E-state index in [4.69, 9.17) is 9.97 Å². The Morgan fingerprint density at radius 2 is 1.82 bits per heavy atom. The molecule has 0 N–H and O–H groups in total. The first-order valence-electron chi connectivity index (χ1n) is 10.4. The number of sulfone groups is 1. The highest BCUT2D eigenvalue weighted by Gasteiger charge is 2.41. The molecule has 2 unspecified atom stereocenters. The van der Waals surface area contributed by atoms with Crippen LogP contribution in [-0.4, -0.2) is 61.3 Å². The van der Waals surface area contributed by atoms with Crippen LogP contribution in [0, 0.1) is 12.8 Å². The van der Waals surface area contributed by atoms with Crippen LogP contribution in [0.15, 0.2) is 23.1 Å². The SMILES string of the molecule is Cc1nc(N2CCC(N3CC4CCC3C4)CC2)nc2cc(S(C)(=O)=O)ccc12. The van der Waals surface area contributed by atoms with E-state index in [9.17, 15) is 8.42 Å². The third-order valence-electron chi connectivity index (χ3n) is 6.94. The molecule has 1 aliphatic carbocycles. The van der Waals surface area contributed by atoms with E-state index in [0.29, 0.717) is 16.5 Å². The molecule has 2 aromatic rings. The summed E-state index contributed by atoms with van der Waals surface area (Å²) in [6.45, 7) is 5.21. The topological polar surface area (TPSA) is 66.4 Å². The van der Waals surface area contributed by atoms with Gasteiger partial charge < -0.3 is 4.90 Å². The van der Waals surface area contributed by atoms with Crippen molar-refractivity contribution in [2.75, 3.05) is 30.8 Å². The van der Waals surface area contributed by atoms with E-state index >= 15 is 0 Å². The van der Waals surface area contributed by atoms with Crippen molar-refractivity contribution in [3.8, 4) is 0 Å². The molecule has 0 amide bonds. The minimum absolute atomic E-state index is 0.312. The van der Waals surface area contributed by atoms with Gasteiger partial charge in [0.1, 0.15) is 0 Å². The van der Waals surface area contributed by atoms with Crippen LogP contribution in [0.5, 0.6) is 0 Å². The number of hydrogen-bond acceptors (Lipinski definition) is 6. The van der Waals surface area contributed by atoms with Crippen molar-refractivity contribution in [2.24, 2.45) is 5.92 Å². The monoisotopic (exact) mass is 400 g/mol. The van der Waals surface area contributed by atoms with Gasteiger partial charge in [-0.05, 0) is 63.1 Å². The van der Waals surface area contributed by atoms with Crippen molar-refractivity contribution in [1.82, 2.24) is 14.9 Å². The van der Waals surface area contributed by atoms with Crippen LogP contribution in [0.25, 0.3) is 10.9 Å². The third kappa shape index (κ3) is 3.18. The van der Waals surface area contributed by atoms with Crippen LogP contribution in [0.1, 0.15) is 37.8 Å². The van der Waals surface area contributed by atoms with E-state index in [1.54, 1.807) is 12.1 Å². The van der Waals surface area contributed by atoms with Gasteiger partial charge in [0.15, 0.2) is 9.84 Å². The van der Waals surface area contributed by atoms with Crippen molar-refractivity contribution in [3.63, 3.8) is 0 Å². The first-order valence-corrected chi connectivity index (χ1v) is 12.3. The number of anilines is 1. The summed E-state index contributed by atoms with van der Waals surface area (Å²) in [6, 6.07) is 6.67. The molecule has 1 aromatic carbocycles. The third-order valence-corrected chi connectivity index (χ3v) is 8.05. The molecular weight excluding hydrogens is 372 g/mol. The minimum atomic E-state index is -3.25. The lowest BCUT2D eigenvalue weighted by Gasteiger charge is -2.40. The molecule has 7 heteroatoms. The Balaban J connectivity index is 1.36. The van der Waals surface area contributed by atoms with Gasteiger partial charge in [-0.1, -0.05) is 0 Å². The van der Waals surface area contributed by atoms with E-state index < -0.39 is 9.84 Å². The van der Waals surface area contributed by atoms with Crippen molar-refractivity contribution < 1.29 is 8.42 Å². The molecule has 2 aliphatic heterocycles. The van der Waals surface area contributed by atoms with Gasteiger partial charge in [-0.3, -0.25) is 4.90 Å². The fourth-order valence-electron chi connectivity index (χ4n) is 5.43. The van der Waals surface area contributed by atoms with Crippen LogP contribution < -0.4 is 4.90 Å². The van der Waals surface area contributed by atoms with Gasteiger partial charge in [-0.15, -0.1) is 0 Å². The quantitative estimate of drug-likeness (QED) is 0.789. The number of benzene rings is 1. The molecule has 150 valence electrons. The van der Waals surface area contributed by atoms with Crippen LogP contribution in [-0.2, 0) is 9.84 Å². The van der Waals surface area contributed by atoms with Crippen molar-refractivity contribution in [3.05, 3.63) is 23.9 Å². The summed E-state index contributed by atoms with van der Waals surface area (Å²) in [5.41, 5.74) is 1.61. The molecular formula is C21H28N4O2S. The van der Waals surface area contributed by atoms with Crippen LogP contribution in [0.3, 0.4) is 0 Å². The molecule has 2 atom stereocenters. The normalized spacial score (nSPS) is 26.4. The summed E-state index contributed by atoms with van der Waals surface area (Å²) >= 11 is 0. The lowest BCUT2D eigenvalue weighted by atomic mass is 10.00. The van der Waals surface area contributed by atoms with Crippen LogP contribution in [0.2, 0.25) is 0 Å². The van der Waals surface area contributed by atoms with E-state index in [2.05, 4.69) is 9.80 Å². The van der Waals surface area contributed by atoms with E-state index in [1.807, 2.05) is 13.0 Å². The molecule has 3 fully saturated rings. The number of nitrogens with zero attached hydrogens (tertiary/aromatic N) is 4. The van der Waals surface area contributed by atoms with Crippen LogP contribution >= 0.6 is 0 Å². The second kappa shape index (κ2) is 6.66. The highest BCUT2D eigenvalue weighted by Crippen LogP contribution is 2.40. The highest BCUT2D eigenvalue weighted by atomic mass is 32.2. The zero-order valence-corrected chi connectivity index (χ0v) is 17.5. The predicted molar refractivity (Wildman–Crippen MR) is 110 cm³/mol. The van der Waals surface area contributed by atoms with Gasteiger partial charge in [0, 0.05) is 43.4 Å². The number of aryl methyl sites for hydroxylation is 1. The second-order valence-corrected chi connectivity index (χ2v) is 10.8. The van der Waals surface area contributed by atoms with Gasteiger partial charge in [-0.2, -0.15) is 0 Å². The Morgan fingerprint density at radius 1 is 1.04 bits per heavy atom. The minimum Gasteiger partial charge on any atom is -0.341 e. The zero-order valence-electron chi connectivity index (χ0n) is 16.6. The molecule has 1 saturated carbocycles. The van der Waals surface area contributed by atoms with E-state index in [-0.39, 0.29) is 0 Å². The standard InChI is InChI=1S/C21H28N4O2S/c1-14-19-6-5-18(28(2,26)27)12-20(19)23-21(22-14)24-9-7-16(8-10-24)25-13-15-3-4-17(25)11-15/h5-6,12,15-17H,3-4,7-11,13H2,1-2H3. The number of aromatic nitrogens is 2. The molecule has 0 spiro atoms. The van der Waals surface area contributed by atoms with E-state index in [0.717, 1.165) is 54.9 Å². The fourth-order valence-corrected chi connectivity index (χ4v) is 6.07. The Kier molecular flexibility index (Phi) is 4.36. The molecule has 6 nitrogen and oxygen atoms in total. The number of piperidine rings is 2. The smallest absolute Gasteiger partial charge is 0.226 e. The molecule has 28 heavy (non-hydrogen) atoms. The lowest BCUT2D eigenvalue weighted by Crippen LogP contribution is -2.48. The largest absolute Gasteiger partial charge is 0.341 e. The molecule has 2 saturated heterocycles. The van der Waals surface area contributed by atoms with Crippen molar-refractivity contribution in [2.45, 2.75) is 56.0 Å². The number of rotatable bonds is 3. The Bertz CT molecular complexity index is 1010. The fraction of sp³-hybridized carbons (Fsp3) is 0.619. The molecule has 0 radical (unpaired) electrons. The zero-order chi connectivity index (χ0) is 19.5. The second-order valence-electron chi connectivity index (χ2n) is 8.81. The van der Waals surface area contributed by atoms with Gasteiger partial charge in [-0.25, -0.2) is 18.4 Å². The first-order chi connectivity index (χ1) is 13.4. The molecule has 3 heterocycles. The van der Waals surface area contributed by atoms with Crippen LogP contribution in [0.4, 0.5) is 5.95 Å². The summed E-state index contributed by atoms with van der Waals surface area (Å²) < 4.78 is 23.8. The maximum Gasteiger partial charge on any atom is 0.226 e. The average Bonchev–Trinajstić information content (AvgIpc) is 3.30. The highest BCUT2D eigenvalue weighted by molar-refractivity contribution is 7.90. The van der Waals surface area contributed by atoms with Crippen molar-refractivity contribution in [1.29, 1.82) is 0 Å². The molecule has 3 aliphatic rings. The van der Waals surface area contributed by atoms with E-state index in [1.165, 1.54) is 32.1 Å². The van der Waals surface area contributed by atoms with Gasteiger partial charge >= 0.3 is 0 Å². The van der Waals surface area contributed by atoms with Gasteiger partial charge in [0.25, 0.3) is 0 Å². The summed E-state index contributed by atoms with van der Waals surface area (Å²) in [6.07, 6.45) is 7.79. The molecule has 1 aromatic heterocycles. The number of hydrogen-bond donors (Lipinski definition) is 0. The molecule has 2 bridgehead atoms. The molecule has 5 rings (SSSR count). The first kappa shape index (κ1) is 18.3. The summed E-state index contributed by atoms with van der Waals surface area (Å²) in [7, 11) is -3.25. The van der Waals surface area contributed by atoms with Gasteiger partial charge in [0.05, 0.1) is 16.1 Å². The average molecular weight is 401 g/mol. The number of likely N-dealkylation sites (tertiary alicyclic amines) is 1. The Hall–Kier alpha value is -1.73. The summed E-state index contributed by atoms with van der Waals surface area (Å²) in [4.78, 5) is 14.8. The predicted octanol–water partition coefficient (Wildman–Crippen LogP) is 2.79. The van der Waals surface area contributed by atoms with Gasteiger partial charge in [0.2, 0.25) is 5.95 Å². The summed E-state index contributed by atoms with van der Waals surface area (Å²) in [5, 5.41) is 0.916.